The molecule has 1 aromatic rings. The Morgan fingerprint density at radius 2 is 2.18 bits per heavy atom. The maximum absolute atomic E-state index is 12.7. The first-order valence-electron chi connectivity index (χ1n) is 5.74. The van der Waals surface area contributed by atoms with Crippen molar-refractivity contribution in [2.45, 2.75) is 18.9 Å². The molecule has 1 atom stereocenters. The number of carbonyl (C=O) groups is 1. The van der Waals surface area contributed by atoms with Crippen LogP contribution in [0.15, 0.2) is 24.3 Å². The fourth-order valence-corrected chi connectivity index (χ4v) is 2.04. The topological polar surface area (TPSA) is 29.5 Å². The first-order chi connectivity index (χ1) is 8.19. The highest BCUT2D eigenvalue weighted by molar-refractivity contribution is 5.79. The van der Waals surface area contributed by atoms with Gasteiger partial charge < -0.3 is 9.64 Å². The molecule has 0 N–H and O–H groups in total. The van der Waals surface area contributed by atoms with E-state index in [1.165, 1.54) is 12.1 Å². The van der Waals surface area contributed by atoms with Crippen molar-refractivity contribution in [3.05, 3.63) is 35.6 Å². The molecule has 4 heteroatoms. The van der Waals surface area contributed by atoms with Crippen molar-refractivity contribution in [1.82, 2.24) is 4.90 Å². The molecule has 0 aromatic heterocycles. The van der Waals surface area contributed by atoms with Crippen LogP contribution in [-0.4, -0.2) is 37.1 Å². The van der Waals surface area contributed by atoms with Gasteiger partial charge in [-0.3, -0.25) is 4.79 Å². The zero-order valence-electron chi connectivity index (χ0n) is 9.86. The lowest BCUT2D eigenvalue weighted by atomic mass is 10.1. The van der Waals surface area contributed by atoms with Crippen molar-refractivity contribution in [3.63, 3.8) is 0 Å². The van der Waals surface area contributed by atoms with Gasteiger partial charge in [-0.25, -0.2) is 4.39 Å². The summed E-state index contributed by atoms with van der Waals surface area (Å²) >= 11 is 0. The van der Waals surface area contributed by atoms with Gasteiger partial charge in [0.15, 0.2) is 0 Å². The zero-order chi connectivity index (χ0) is 12.3. The number of ether oxygens (including phenoxy) is 1. The summed E-state index contributed by atoms with van der Waals surface area (Å²) in [6.45, 7) is 1.41. The molecule has 0 bridgehead atoms. The summed E-state index contributed by atoms with van der Waals surface area (Å²) in [7, 11) is 1.67. The number of benzene rings is 1. The van der Waals surface area contributed by atoms with E-state index < -0.39 is 0 Å². The Kier molecular flexibility index (Phi) is 3.74. The Morgan fingerprint density at radius 1 is 1.47 bits per heavy atom. The molecule has 1 unspecified atom stereocenters. The van der Waals surface area contributed by atoms with Crippen LogP contribution in [0.5, 0.6) is 0 Å². The highest BCUT2D eigenvalue weighted by Crippen LogP contribution is 2.14. The number of hydrogen-bond acceptors (Lipinski definition) is 2. The Hall–Kier alpha value is -1.42. The smallest absolute Gasteiger partial charge is 0.227 e. The Labute approximate surface area is 100 Å². The SMILES string of the molecule is COC1CCN(C(=O)Cc2ccc(F)cc2)C1. The molecule has 17 heavy (non-hydrogen) atoms. The molecule has 1 saturated heterocycles. The molecule has 0 aliphatic carbocycles. The van der Waals surface area contributed by atoms with Crippen molar-refractivity contribution in [2.75, 3.05) is 20.2 Å². The third-order valence-corrected chi connectivity index (χ3v) is 3.10. The van der Waals surface area contributed by atoms with Gasteiger partial charge in [0.05, 0.1) is 12.5 Å². The van der Waals surface area contributed by atoms with Gasteiger partial charge in [-0.05, 0) is 24.1 Å². The summed E-state index contributed by atoms with van der Waals surface area (Å²) in [5.74, 6) is -0.196. The second kappa shape index (κ2) is 5.27. The van der Waals surface area contributed by atoms with E-state index in [2.05, 4.69) is 0 Å². The van der Waals surface area contributed by atoms with Crippen LogP contribution >= 0.6 is 0 Å². The summed E-state index contributed by atoms with van der Waals surface area (Å²) in [6, 6.07) is 6.06. The van der Waals surface area contributed by atoms with Crippen LogP contribution in [0.2, 0.25) is 0 Å². The van der Waals surface area contributed by atoms with E-state index in [4.69, 9.17) is 4.74 Å². The molecule has 3 nitrogen and oxygen atoms in total. The predicted octanol–water partition coefficient (Wildman–Crippen LogP) is 1.62. The van der Waals surface area contributed by atoms with Gasteiger partial charge in [0.2, 0.25) is 5.91 Å². The van der Waals surface area contributed by atoms with E-state index in [1.54, 1.807) is 24.1 Å². The zero-order valence-corrected chi connectivity index (χ0v) is 9.86. The molecule has 1 heterocycles. The lowest BCUT2D eigenvalue weighted by Crippen LogP contribution is -2.31. The maximum atomic E-state index is 12.7. The normalized spacial score (nSPS) is 19.6. The average molecular weight is 237 g/mol. The molecule has 0 radical (unpaired) electrons. The fraction of sp³-hybridized carbons (Fsp3) is 0.462. The first kappa shape index (κ1) is 12.0. The van der Waals surface area contributed by atoms with Crippen LogP contribution in [0, 0.1) is 5.82 Å². The maximum Gasteiger partial charge on any atom is 0.227 e. The summed E-state index contributed by atoms with van der Waals surface area (Å²) in [5, 5.41) is 0. The Morgan fingerprint density at radius 3 is 2.76 bits per heavy atom. The van der Waals surface area contributed by atoms with Crippen molar-refractivity contribution < 1.29 is 13.9 Å². The molecule has 2 rings (SSSR count). The van der Waals surface area contributed by atoms with Gasteiger partial charge in [-0.2, -0.15) is 0 Å². The minimum absolute atomic E-state index is 0.0798. The van der Waals surface area contributed by atoms with Crippen LogP contribution in [0.25, 0.3) is 0 Å². The van der Waals surface area contributed by atoms with Gasteiger partial charge in [-0.15, -0.1) is 0 Å². The molecule has 1 fully saturated rings. The highest BCUT2D eigenvalue weighted by atomic mass is 19.1. The van der Waals surface area contributed by atoms with Crippen molar-refractivity contribution in [1.29, 1.82) is 0 Å². The first-order valence-corrected chi connectivity index (χ1v) is 5.74. The third-order valence-electron chi connectivity index (χ3n) is 3.10. The van der Waals surface area contributed by atoms with Crippen LogP contribution in [0.4, 0.5) is 4.39 Å². The van der Waals surface area contributed by atoms with Crippen LogP contribution in [-0.2, 0) is 16.0 Å². The lowest BCUT2D eigenvalue weighted by Gasteiger charge is -2.16. The quantitative estimate of drug-likeness (QED) is 0.799. The van der Waals surface area contributed by atoms with Gasteiger partial charge >= 0.3 is 0 Å². The van der Waals surface area contributed by atoms with Crippen molar-refractivity contribution in [3.8, 4) is 0 Å². The van der Waals surface area contributed by atoms with Crippen LogP contribution in [0.1, 0.15) is 12.0 Å². The molecular formula is C13H16FNO2. The van der Waals surface area contributed by atoms with Crippen LogP contribution in [0.3, 0.4) is 0 Å². The monoisotopic (exact) mass is 237 g/mol. The minimum Gasteiger partial charge on any atom is -0.380 e. The van der Waals surface area contributed by atoms with E-state index in [1.807, 2.05) is 0 Å². The summed E-state index contributed by atoms with van der Waals surface area (Å²) in [5.41, 5.74) is 0.845. The number of amides is 1. The number of nitrogens with zero attached hydrogens (tertiary/aromatic N) is 1. The lowest BCUT2D eigenvalue weighted by molar-refractivity contribution is -0.129. The number of methoxy groups -OCH3 is 1. The second-order valence-electron chi connectivity index (χ2n) is 4.29. The minimum atomic E-state index is -0.276. The largest absolute Gasteiger partial charge is 0.380 e. The average Bonchev–Trinajstić information content (AvgIpc) is 2.81. The van der Waals surface area contributed by atoms with E-state index in [0.717, 1.165) is 18.5 Å². The third kappa shape index (κ3) is 3.03. The molecule has 0 saturated carbocycles. The van der Waals surface area contributed by atoms with E-state index >= 15 is 0 Å². The van der Waals surface area contributed by atoms with E-state index in [-0.39, 0.29) is 17.8 Å². The second-order valence-corrected chi connectivity index (χ2v) is 4.29. The molecule has 0 spiro atoms. The molecule has 1 aliphatic heterocycles. The number of halogens is 1. The summed E-state index contributed by atoms with van der Waals surface area (Å²) in [6.07, 6.45) is 1.38. The molecule has 92 valence electrons. The summed E-state index contributed by atoms with van der Waals surface area (Å²) in [4.78, 5) is 13.7. The number of rotatable bonds is 3. The Balaban J connectivity index is 1.91. The number of hydrogen-bond donors (Lipinski definition) is 0. The molecular weight excluding hydrogens is 221 g/mol. The van der Waals surface area contributed by atoms with E-state index in [0.29, 0.717) is 13.0 Å². The molecule has 1 aliphatic rings. The standard InChI is InChI=1S/C13H16FNO2/c1-17-12-6-7-15(9-12)13(16)8-10-2-4-11(14)5-3-10/h2-5,12H,6-9H2,1H3. The number of likely N-dealkylation sites (tertiary alicyclic amines) is 1. The van der Waals surface area contributed by atoms with Crippen molar-refractivity contribution in [2.24, 2.45) is 0 Å². The summed E-state index contributed by atoms with van der Waals surface area (Å²) < 4.78 is 17.9. The Bertz CT molecular complexity index is 391. The molecule has 1 aromatic carbocycles. The highest BCUT2D eigenvalue weighted by Gasteiger charge is 2.25. The van der Waals surface area contributed by atoms with Gasteiger partial charge in [0.25, 0.3) is 0 Å². The predicted molar refractivity (Wildman–Crippen MR) is 62.1 cm³/mol. The van der Waals surface area contributed by atoms with E-state index in [9.17, 15) is 9.18 Å². The fourth-order valence-electron chi connectivity index (χ4n) is 2.04. The van der Waals surface area contributed by atoms with Gasteiger partial charge in [0.1, 0.15) is 5.82 Å². The molecule has 1 amide bonds. The van der Waals surface area contributed by atoms with Crippen LogP contribution < -0.4 is 0 Å². The van der Waals surface area contributed by atoms with Gasteiger partial charge in [0, 0.05) is 20.2 Å². The number of carbonyl (C=O) groups excluding carboxylic acids is 1. The van der Waals surface area contributed by atoms with Gasteiger partial charge in [-0.1, -0.05) is 12.1 Å². The van der Waals surface area contributed by atoms with Crippen molar-refractivity contribution >= 4 is 5.91 Å².